The van der Waals surface area contributed by atoms with E-state index in [-0.39, 0.29) is 12.2 Å². The first-order valence-corrected chi connectivity index (χ1v) is 7.08. The number of imide groups is 2. The zero-order valence-corrected chi connectivity index (χ0v) is 12.8. The van der Waals surface area contributed by atoms with E-state index >= 15 is 0 Å². The maximum Gasteiger partial charge on any atom is 0.331 e. The van der Waals surface area contributed by atoms with Crippen molar-refractivity contribution in [3.8, 4) is 0 Å². The predicted molar refractivity (Wildman–Crippen MR) is 79.1 cm³/mol. The molecule has 0 radical (unpaired) electrons. The summed E-state index contributed by atoms with van der Waals surface area (Å²) in [5, 5.41) is 2.15. The smallest absolute Gasteiger partial charge is 0.294 e. The van der Waals surface area contributed by atoms with Crippen LogP contribution in [-0.4, -0.2) is 28.5 Å². The molecule has 0 atom stereocenters. The van der Waals surface area contributed by atoms with Gasteiger partial charge in [0.25, 0.3) is 0 Å². The summed E-state index contributed by atoms with van der Waals surface area (Å²) in [6, 6.07) is 6.08. The Balaban J connectivity index is 2.33. The number of barbiturate groups is 1. The number of Topliss-reactive ketones (excluding diaryl/α,β-unsaturated/α-hetero) is 1. The molecule has 116 valence electrons. The summed E-state index contributed by atoms with van der Waals surface area (Å²) in [7, 11) is 0. The van der Waals surface area contributed by atoms with Gasteiger partial charge in [-0.05, 0) is 19.4 Å². The normalized spacial score (nSPS) is 15.8. The number of benzene rings is 1. The Morgan fingerprint density at radius 3 is 2.27 bits per heavy atom. The Morgan fingerprint density at radius 1 is 1.18 bits per heavy atom. The first-order valence-electron chi connectivity index (χ1n) is 7.08. The van der Waals surface area contributed by atoms with Gasteiger partial charge in [-0.3, -0.25) is 24.6 Å². The Kier molecular flexibility index (Phi) is 4.12. The summed E-state index contributed by atoms with van der Waals surface area (Å²) in [6.45, 7) is 5.22. The van der Waals surface area contributed by atoms with E-state index in [4.69, 9.17) is 0 Å². The molecule has 1 N–H and O–H groups in total. The van der Waals surface area contributed by atoms with Crippen LogP contribution in [0.1, 0.15) is 49.5 Å². The van der Waals surface area contributed by atoms with Gasteiger partial charge in [0.2, 0.25) is 11.8 Å². The molecule has 1 saturated heterocycles. The summed E-state index contributed by atoms with van der Waals surface area (Å²) >= 11 is 0. The highest BCUT2D eigenvalue weighted by molar-refractivity contribution is 6.14. The molecule has 0 bridgehead atoms. The second-order valence-corrected chi connectivity index (χ2v) is 5.67. The van der Waals surface area contributed by atoms with E-state index in [1.807, 2.05) is 0 Å². The summed E-state index contributed by atoms with van der Waals surface area (Å²) < 4.78 is 0. The number of hydrogen-bond donors (Lipinski definition) is 1. The molecule has 1 fully saturated rings. The molecule has 0 aliphatic carbocycles. The van der Waals surface area contributed by atoms with Crippen LogP contribution in [0.2, 0.25) is 0 Å². The lowest BCUT2D eigenvalue weighted by Crippen LogP contribution is -2.59. The lowest BCUT2D eigenvalue weighted by molar-refractivity contribution is -0.139. The van der Waals surface area contributed by atoms with E-state index in [1.54, 1.807) is 45.0 Å². The number of carbonyl (C=O) groups excluding carboxylic acids is 4. The molecule has 1 aromatic carbocycles. The first kappa shape index (κ1) is 15.9. The molecule has 22 heavy (non-hydrogen) atoms. The van der Waals surface area contributed by atoms with Crippen LogP contribution in [-0.2, 0) is 15.1 Å². The van der Waals surface area contributed by atoms with Crippen molar-refractivity contribution < 1.29 is 19.2 Å². The second kappa shape index (κ2) is 5.71. The maximum absolute atomic E-state index is 12.0. The summed E-state index contributed by atoms with van der Waals surface area (Å²) in [4.78, 5) is 47.9. The van der Waals surface area contributed by atoms with Crippen molar-refractivity contribution in [1.29, 1.82) is 0 Å². The fourth-order valence-electron chi connectivity index (χ4n) is 2.51. The molecule has 6 nitrogen and oxygen atoms in total. The second-order valence-electron chi connectivity index (χ2n) is 5.67. The molecule has 1 aliphatic rings. The van der Waals surface area contributed by atoms with Gasteiger partial charge in [-0.25, -0.2) is 4.79 Å². The van der Waals surface area contributed by atoms with Crippen LogP contribution in [0.15, 0.2) is 24.3 Å². The molecular weight excluding hydrogens is 284 g/mol. The number of rotatable bonds is 4. The largest absolute Gasteiger partial charge is 0.331 e. The maximum atomic E-state index is 12.0. The average molecular weight is 302 g/mol. The Hall–Kier alpha value is -2.50. The van der Waals surface area contributed by atoms with Crippen molar-refractivity contribution in [2.75, 3.05) is 0 Å². The van der Waals surface area contributed by atoms with E-state index in [2.05, 4.69) is 5.32 Å². The van der Waals surface area contributed by atoms with Gasteiger partial charge in [-0.15, -0.1) is 0 Å². The number of nitrogens with zero attached hydrogens (tertiary/aromatic N) is 1. The van der Waals surface area contributed by atoms with Crippen LogP contribution in [0.5, 0.6) is 0 Å². The van der Waals surface area contributed by atoms with Crippen LogP contribution < -0.4 is 5.32 Å². The number of urea groups is 1. The van der Waals surface area contributed by atoms with Crippen molar-refractivity contribution in [3.05, 3.63) is 35.4 Å². The van der Waals surface area contributed by atoms with Crippen LogP contribution in [0.25, 0.3) is 0 Å². The third-order valence-electron chi connectivity index (χ3n) is 3.80. The number of ketones is 1. The van der Waals surface area contributed by atoms with E-state index < -0.39 is 23.4 Å². The summed E-state index contributed by atoms with van der Waals surface area (Å²) in [5.41, 5.74) is 0.375. The lowest BCUT2D eigenvalue weighted by atomic mass is 9.90. The molecular formula is C16H18N2O4. The summed E-state index contributed by atoms with van der Waals surface area (Å²) in [5.74, 6) is -1.10. The highest BCUT2D eigenvalue weighted by Gasteiger charge is 2.41. The minimum absolute atomic E-state index is 0.0294. The molecule has 0 unspecified atom stereocenters. The molecule has 0 aromatic heterocycles. The van der Waals surface area contributed by atoms with Gasteiger partial charge in [0.15, 0.2) is 5.78 Å². The third kappa shape index (κ3) is 2.77. The Labute approximate surface area is 128 Å². The zero-order valence-electron chi connectivity index (χ0n) is 12.8. The van der Waals surface area contributed by atoms with Crippen molar-refractivity contribution in [1.82, 2.24) is 10.2 Å². The highest BCUT2D eigenvalue weighted by atomic mass is 16.2. The number of hydrogen-bond acceptors (Lipinski definition) is 4. The van der Waals surface area contributed by atoms with Crippen LogP contribution in [0, 0.1) is 0 Å². The van der Waals surface area contributed by atoms with Crippen LogP contribution >= 0.6 is 0 Å². The Morgan fingerprint density at radius 2 is 1.77 bits per heavy atom. The Bertz CT molecular complexity index is 627. The molecule has 4 amide bonds. The lowest BCUT2D eigenvalue weighted by Gasteiger charge is -2.39. The first-order chi connectivity index (χ1) is 10.3. The molecule has 1 aliphatic heterocycles. The van der Waals surface area contributed by atoms with Crippen LogP contribution in [0.3, 0.4) is 0 Å². The number of amides is 4. The van der Waals surface area contributed by atoms with Gasteiger partial charge >= 0.3 is 6.03 Å². The fraction of sp³-hybridized carbons (Fsp3) is 0.375. The zero-order chi connectivity index (χ0) is 16.5. The van der Waals surface area contributed by atoms with Gasteiger partial charge in [-0.1, -0.05) is 31.2 Å². The van der Waals surface area contributed by atoms with E-state index in [9.17, 15) is 19.2 Å². The average Bonchev–Trinajstić information content (AvgIpc) is 2.45. The SMILES string of the molecule is CCC(=O)c1ccc(C(C)(C)N2C(=O)CC(=O)NC2=O)cc1. The van der Waals surface area contributed by atoms with Gasteiger partial charge < -0.3 is 0 Å². The van der Waals surface area contributed by atoms with Gasteiger partial charge in [0, 0.05) is 12.0 Å². The van der Waals surface area contributed by atoms with E-state index in [1.165, 1.54) is 0 Å². The minimum atomic E-state index is -0.921. The third-order valence-corrected chi connectivity index (χ3v) is 3.80. The van der Waals surface area contributed by atoms with Crippen molar-refractivity contribution >= 4 is 23.6 Å². The van der Waals surface area contributed by atoms with E-state index in [0.29, 0.717) is 17.5 Å². The fourth-order valence-corrected chi connectivity index (χ4v) is 2.51. The minimum Gasteiger partial charge on any atom is -0.294 e. The topological polar surface area (TPSA) is 83.6 Å². The molecule has 2 rings (SSSR count). The van der Waals surface area contributed by atoms with Crippen LogP contribution in [0.4, 0.5) is 4.79 Å². The van der Waals surface area contributed by atoms with Crippen molar-refractivity contribution in [2.24, 2.45) is 0 Å². The molecule has 0 spiro atoms. The van der Waals surface area contributed by atoms with Crippen molar-refractivity contribution in [2.45, 2.75) is 39.2 Å². The predicted octanol–water partition coefficient (Wildman–Crippen LogP) is 1.98. The number of nitrogens with one attached hydrogen (secondary N) is 1. The van der Waals surface area contributed by atoms with Gasteiger partial charge in [0.1, 0.15) is 6.42 Å². The van der Waals surface area contributed by atoms with Gasteiger partial charge in [0.05, 0.1) is 5.54 Å². The molecule has 0 saturated carbocycles. The van der Waals surface area contributed by atoms with Crippen molar-refractivity contribution in [3.63, 3.8) is 0 Å². The molecule has 1 aromatic rings. The van der Waals surface area contributed by atoms with Gasteiger partial charge in [-0.2, -0.15) is 0 Å². The monoisotopic (exact) mass is 302 g/mol. The quantitative estimate of drug-likeness (QED) is 0.681. The standard InChI is InChI=1S/C16H18N2O4/c1-4-12(19)10-5-7-11(8-6-10)16(2,3)18-14(21)9-13(20)17-15(18)22/h5-8H,4,9H2,1-3H3,(H,17,20,22). The van der Waals surface area contributed by atoms with E-state index in [0.717, 1.165) is 4.90 Å². The molecule has 6 heteroatoms. The molecule has 1 heterocycles. The highest BCUT2D eigenvalue weighted by Crippen LogP contribution is 2.30. The number of carbonyl (C=O) groups is 4. The summed E-state index contributed by atoms with van der Waals surface area (Å²) in [6.07, 6.45) is 0.0689.